The zero-order valence-corrected chi connectivity index (χ0v) is 8.71. The molecule has 0 radical (unpaired) electrons. The van der Waals surface area contributed by atoms with E-state index in [1.54, 1.807) is 4.90 Å². The molecule has 0 aliphatic carbocycles. The summed E-state index contributed by atoms with van der Waals surface area (Å²) in [5.41, 5.74) is -0.622. The van der Waals surface area contributed by atoms with Gasteiger partial charge in [0.25, 0.3) is 0 Å². The second-order valence-corrected chi connectivity index (χ2v) is 4.26. The van der Waals surface area contributed by atoms with Crippen molar-refractivity contribution < 1.29 is 9.90 Å². The highest BCUT2D eigenvalue weighted by molar-refractivity contribution is 5.77. The molecule has 0 aromatic heterocycles. The maximum atomic E-state index is 11.4. The third kappa shape index (κ3) is 2.02. The summed E-state index contributed by atoms with van der Waals surface area (Å²) in [5.74, 6) is 0.408. The van der Waals surface area contributed by atoms with Gasteiger partial charge in [-0.2, -0.15) is 0 Å². The molecule has 1 amide bonds. The highest BCUT2D eigenvalue weighted by atomic mass is 16.3. The lowest BCUT2D eigenvalue weighted by Crippen LogP contribution is -2.65. The van der Waals surface area contributed by atoms with Gasteiger partial charge in [0.15, 0.2) is 0 Å². The van der Waals surface area contributed by atoms with Gasteiger partial charge in [0.1, 0.15) is 5.60 Å². The predicted octanol–water partition coefficient (Wildman–Crippen LogP) is 1.02. The molecule has 1 aliphatic rings. The molecule has 1 fully saturated rings. The van der Waals surface area contributed by atoms with Crippen LogP contribution in [-0.4, -0.2) is 34.6 Å². The maximum Gasteiger partial charge on any atom is 0.222 e. The van der Waals surface area contributed by atoms with Crippen molar-refractivity contribution in [1.29, 1.82) is 0 Å². The number of hydrogen-bond acceptors (Lipinski definition) is 2. The Balaban J connectivity index is 2.36. The van der Waals surface area contributed by atoms with Crippen LogP contribution in [0.1, 0.15) is 33.6 Å². The normalized spacial score (nSPS) is 20.2. The van der Waals surface area contributed by atoms with Gasteiger partial charge in [0.05, 0.1) is 13.1 Å². The zero-order chi connectivity index (χ0) is 10.1. The van der Waals surface area contributed by atoms with Crippen LogP contribution in [0.2, 0.25) is 0 Å². The zero-order valence-electron chi connectivity index (χ0n) is 8.71. The van der Waals surface area contributed by atoms with Crippen LogP contribution in [0.5, 0.6) is 0 Å². The van der Waals surface area contributed by atoms with Crippen LogP contribution in [0.15, 0.2) is 0 Å². The van der Waals surface area contributed by atoms with E-state index in [1.165, 1.54) is 0 Å². The van der Waals surface area contributed by atoms with E-state index in [0.717, 1.165) is 6.42 Å². The highest BCUT2D eigenvalue weighted by Gasteiger charge is 2.45. The van der Waals surface area contributed by atoms with Crippen molar-refractivity contribution in [3.63, 3.8) is 0 Å². The predicted molar refractivity (Wildman–Crippen MR) is 51.3 cm³/mol. The Morgan fingerprint density at radius 1 is 1.54 bits per heavy atom. The molecule has 0 unspecified atom stereocenters. The van der Waals surface area contributed by atoms with Gasteiger partial charge in [-0.25, -0.2) is 0 Å². The molecule has 3 heteroatoms. The van der Waals surface area contributed by atoms with E-state index in [0.29, 0.717) is 19.5 Å². The van der Waals surface area contributed by atoms with Crippen molar-refractivity contribution in [3.05, 3.63) is 0 Å². The number of rotatable bonds is 3. The molecule has 0 spiro atoms. The Labute approximate surface area is 79.7 Å². The molecule has 1 aliphatic heterocycles. The number of aliphatic hydroxyl groups is 1. The van der Waals surface area contributed by atoms with Crippen molar-refractivity contribution in [3.8, 4) is 0 Å². The molecule has 1 saturated heterocycles. The van der Waals surface area contributed by atoms with Crippen molar-refractivity contribution in [2.24, 2.45) is 5.92 Å². The SMILES string of the molecule is CCCC(=O)N1CC(O)(C(C)C)C1. The van der Waals surface area contributed by atoms with Gasteiger partial charge in [0, 0.05) is 6.42 Å². The monoisotopic (exact) mass is 185 g/mol. The Hall–Kier alpha value is -0.570. The standard InChI is InChI=1S/C10H19NO2/c1-4-5-9(12)11-6-10(13,7-11)8(2)3/h8,13H,4-7H2,1-3H3. The lowest BCUT2D eigenvalue weighted by Gasteiger charge is -2.49. The molecule has 0 saturated carbocycles. The molecule has 0 atom stereocenters. The van der Waals surface area contributed by atoms with E-state index < -0.39 is 5.60 Å². The first-order chi connectivity index (χ1) is 5.99. The second-order valence-electron chi connectivity index (χ2n) is 4.26. The van der Waals surface area contributed by atoms with Crippen LogP contribution < -0.4 is 0 Å². The van der Waals surface area contributed by atoms with Crippen molar-refractivity contribution in [2.75, 3.05) is 13.1 Å². The average Bonchev–Trinajstić information content (AvgIpc) is 1.98. The van der Waals surface area contributed by atoms with Gasteiger partial charge < -0.3 is 10.0 Å². The van der Waals surface area contributed by atoms with Gasteiger partial charge in [-0.3, -0.25) is 4.79 Å². The fourth-order valence-corrected chi connectivity index (χ4v) is 1.53. The molecule has 1 N–H and O–H groups in total. The quantitative estimate of drug-likeness (QED) is 0.713. The van der Waals surface area contributed by atoms with E-state index in [4.69, 9.17) is 0 Å². The van der Waals surface area contributed by atoms with Gasteiger partial charge >= 0.3 is 0 Å². The summed E-state index contributed by atoms with van der Waals surface area (Å²) in [6.07, 6.45) is 1.49. The summed E-state index contributed by atoms with van der Waals surface area (Å²) in [4.78, 5) is 13.1. The Morgan fingerprint density at radius 3 is 2.46 bits per heavy atom. The van der Waals surface area contributed by atoms with Gasteiger partial charge in [-0.1, -0.05) is 20.8 Å². The van der Waals surface area contributed by atoms with Gasteiger partial charge in [0.2, 0.25) is 5.91 Å². The smallest absolute Gasteiger partial charge is 0.222 e. The summed E-state index contributed by atoms with van der Waals surface area (Å²) in [5, 5.41) is 9.88. The number of carbonyl (C=O) groups excluding carboxylic acids is 1. The first-order valence-corrected chi connectivity index (χ1v) is 4.99. The van der Waals surface area contributed by atoms with Crippen LogP contribution >= 0.6 is 0 Å². The fraction of sp³-hybridized carbons (Fsp3) is 0.900. The minimum Gasteiger partial charge on any atom is -0.386 e. The fourth-order valence-electron chi connectivity index (χ4n) is 1.53. The molecule has 0 aromatic carbocycles. The van der Waals surface area contributed by atoms with E-state index in [-0.39, 0.29) is 11.8 Å². The molecule has 1 rings (SSSR count). The molecular weight excluding hydrogens is 166 g/mol. The average molecular weight is 185 g/mol. The second kappa shape index (κ2) is 3.66. The lowest BCUT2D eigenvalue weighted by atomic mass is 9.83. The number of carbonyl (C=O) groups is 1. The Kier molecular flexibility index (Phi) is 2.96. The van der Waals surface area contributed by atoms with E-state index in [2.05, 4.69) is 0 Å². The first kappa shape index (κ1) is 10.5. The summed E-state index contributed by atoms with van der Waals surface area (Å²) >= 11 is 0. The minimum absolute atomic E-state index is 0.174. The number of amides is 1. The molecule has 1 heterocycles. The molecule has 3 nitrogen and oxygen atoms in total. The van der Waals surface area contributed by atoms with Crippen LogP contribution in [-0.2, 0) is 4.79 Å². The van der Waals surface area contributed by atoms with Gasteiger partial charge in [-0.15, -0.1) is 0 Å². The van der Waals surface area contributed by atoms with Crippen molar-refractivity contribution >= 4 is 5.91 Å². The number of hydrogen-bond donors (Lipinski definition) is 1. The first-order valence-electron chi connectivity index (χ1n) is 4.99. The third-order valence-corrected chi connectivity index (χ3v) is 2.82. The molecule has 13 heavy (non-hydrogen) atoms. The Morgan fingerprint density at radius 2 is 2.08 bits per heavy atom. The number of nitrogens with zero attached hydrogens (tertiary/aromatic N) is 1. The molecule has 0 bridgehead atoms. The van der Waals surface area contributed by atoms with Crippen LogP contribution in [0.4, 0.5) is 0 Å². The lowest BCUT2D eigenvalue weighted by molar-refractivity contribution is -0.163. The summed E-state index contributed by atoms with van der Waals surface area (Å²) in [7, 11) is 0. The van der Waals surface area contributed by atoms with Crippen LogP contribution in [0, 0.1) is 5.92 Å². The summed E-state index contributed by atoms with van der Waals surface area (Å²) < 4.78 is 0. The van der Waals surface area contributed by atoms with E-state index >= 15 is 0 Å². The number of β-amino-alcohol motifs (C(OH)–C–C–N with tert-alkyl or cyclic N) is 1. The maximum absolute atomic E-state index is 11.4. The summed E-state index contributed by atoms with van der Waals surface area (Å²) in [6, 6.07) is 0. The van der Waals surface area contributed by atoms with Crippen molar-refractivity contribution in [1.82, 2.24) is 4.90 Å². The van der Waals surface area contributed by atoms with Crippen molar-refractivity contribution in [2.45, 2.75) is 39.2 Å². The minimum atomic E-state index is -0.622. The molecular formula is C10H19NO2. The highest BCUT2D eigenvalue weighted by Crippen LogP contribution is 2.28. The largest absolute Gasteiger partial charge is 0.386 e. The number of likely N-dealkylation sites (tertiary alicyclic amines) is 1. The Bertz CT molecular complexity index is 195. The third-order valence-electron chi connectivity index (χ3n) is 2.82. The van der Waals surface area contributed by atoms with Gasteiger partial charge in [-0.05, 0) is 12.3 Å². The molecule has 0 aromatic rings. The topological polar surface area (TPSA) is 40.5 Å². The molecule has 76 valence electrons. The van der Waals surface area contributed by atoms with E-state index in [9.17, 15) is 9.90 Å². The van der Waals surface area contributed by atoms with Crippen LogP contribution in [0.25, 0.3) is 0 Å². The van der Waals surface area contributed by atoms with E-state index in [1.807, 2.05) is 20.8 Å². The van der Waals surface area contributed by atoms with Crippen LogP contribution in [0.3, 0.4) is 0 Å². The summed E-state index contributed by atoms with van der Waals surface area (Å²) in [6.45, 7) is 7.00.